The van der Waals surface area contributed by atoms with Gasteiger partial charge in [-0.1, -0.05) is 18.2 Å². The zero-order valence-electron chi connectivity index (χ0n) is 17.4. The van der Waals surface area contributed by atoms with Gasteiger partial charge in [0.15, 0.2) is 5.82 Å². The number of aromatic nitrogens is 4. The molecule has 0 bridgehead atoms. The van der Waals surface area contributed by atoms with Crippen molar-refractivity contribution in [3.05, 3.63) is 71.6 Å². The molecule has 1 aliphatic carbocycles. The summed E-state index contributed by atoms with van der Waals surface area (Å²) in [6, 6.07) is 14.9. The third-order valence-electron chi connectivity index (χ3n) is 5.84. The summed E-state index contributed by atoms with van der Waals surface area (Å²) < 4.78 is 15.5. The third kappa shape index (κ3) is 3.95. The number of nitrogens with one attached hydrogen (secondary N) is 2. The number of para-hydroxylation sites is 1. The zero-order chi connectivity index (χ0) is 21.4. The van der Waals surface area contributed by atoms with E-state index in [0.29, 0.717) is 25.4 Å². The normalized spacial score (nSPS) is 13.6. The molecule has 5 rings (SSSR count). The average molecular weight is 417 g/mol. The fourth-order valence-corrected chi connectivity index (χ4v) is 4.17. The van der Waals surface area contributed by atoms with Crippen LogP contribution in [-0.4, -0.2) is 25.7 Å². The van der Waals surface area contributed by atoms with Gasteiger partial charge in [0.1, 0.15) is 11.6 Å². The molecule has 6 nitrogen and oxygen atoms in total. The van der Waals surface area contributed by atoms with Crippen LogP contribution < -0.4 is 5.32 Å². The number of aromatic amines is 1. The van der Waals surface area contributed by atoms with E-state index >= 15 is 0 Å². The number of hydrogen-bond donors (Lipinski definition) is 2. The minimum absolute atomic E-state index is 0.0293. The lowest BCUT2D eigenvalue weighted by atomic mass is 10.0. The fourth-order valence-electron chi connectivity index (χ4n) is 4.17. The van der Waals surface area contributed by atoms with E-state index in [1.165, 1.54) is 12.1 Å². The van der Waals surface area contributed by atoms with Gasteiger partial charge in [-0.05, 0) is 67.6 Å². The first-order valence-corrected chi connectivity index (χ1v) is 10.6. The van der Waals surface area contributed by atoms with Gasteiger partial charge in [0.05, 0.1) is 6.54 Å². The first-order valence-electron chi connectivity index (χ1n) is 10.6. The second-order valence-corrected chi connectivity index (χ2v) is 8.07. The number of nitrogens with zero attached hydrogens (tertiary/aromatic N) is 3. The van der Waals surface area contributed by atoms with Gasteiger partial charge in [0.25, 0.3) is 0 Å². The highest BCUT2D eigenvalue weighted by Gasteiger charge is 2.28. The Morgan fingerprint density at radius 3 is 2.71 bits per heavy atom. The average Bonchev–Trinajstić information content (AvgIpc) is 3.44. The second kappa shape index (κ2) is 7.98. The van der Waals surface area contributed by atoms with Crippen molar-refractivity contribution in [3.63, 3.8) is 0 Å². The first kappa shape index (κ1) is 19.5. The minimum atomic E-state index is -0.268. The zero-order valence-corrected chi connectivity index (χ0v) is 17.4. The van der Waals surface area contributed by atoms with Crippen LogP contribution >= 0.6 is 0 Å². The van der Waals surface area contributed by atoms with Crippen LogP contribution in [0.4, 0.5) is 4.39 Å². The van der Waals surface area contributed by atoms with Crippen molar-refractivity contribution in [1.82, 2.24) is 25.1 Å². The number of hydrogen-bond acceptors (Lipinski definition) is 3. The Hall–Kier alpha value is -3.48. The molecule has 0 spiro atoms. The van der Waals surface area contributed by atoms with Crippen LogP contribution in [0.15, 0.2) is 48.5 Å². The van der Waals surface area contributed by atoms with Gasteiger partial charge in [-0.25, -0.2) is 4.39 Å². The molecule has 158 valence electrons. The van der Waals surface area contributed by atoms with Crippen molar-refractivity contribution in [3.8, 4) is 11.3 Å². The van der Waals surface area contributed by atoms with Crippen molar-refractivity contribution < 1.29 is 9.18 Å². The monoisotopic (exact) mass is 417 g/mol. The van der Waals surface area contributed by atoms with Crippen LogP contribution in [0.5, 0.6) is 0 Å². The van der Waals surface area contributed by atoms with Gasteiger partial charge in [-0.3, -0.25) is 4.79 Å². The lowest BCUT2D eigenvalue weighted by molar-refractivity contribution is -0.121. The Morgan fingerprint density at radius 1 is 1.16 bits per heavy atom. The SMILES string of the molecule is Cc1nnc(CNC(=O)CCc2c(-c3ccc(F)cc3)[nH]c3ccccc23)n1C1CC1. The van der Waals surface area contributed by atoms with E-state index in [9.17, 15) is 9.18 Å². The summed E-state index contributed by atoms with van der Waals surface area (Å²) in [4.78, 5) is 16.1. The molecule has 4 aromatic rings. The number of rotatable bonds is 7. The molecular formula is C24H24FN5O. The summed E-state index contributed by atoms with van der Waals surface area (Å²) in [6.07, 6.45) is 3.22. The molecule has 0 unspecified atom stereocenters. The van der Waals surface area contributed by atoms with E-state index in [4.69, 9.17) is 0 Å². The summed E-state index contributed by atoms with van der Waals surface area (Å²) >= 11 is 0. The minimum Gasteiger partial charge on any atom is -0.354 e. The molecule has 2 aromatic heterocycles. The van der Waals surface area contributed by atoms with Crippen LogP contribution in [-0.2, 0) is 17.8 Å². The number of fused-ring (bicyclic) bond motifs is 1. The lowest BCUT2D eigenvalue weighted by Crippen LogP contribution is -2.25. The predicted octanol–water partition coefficient (Wildman–Crippen LogP) is 4.46. The van der Waals surface area contributed by atoms with Gasteiger partial charge in [-0.15, -0.1) is 10.2 Å². The Bertz CT molecular complexity index is 1240. The highest BCUT2D eigenvalue weighted by molar-refractivity contribution is 5.91. The number of carbonyl (C=O) groups is 1. The highest BCUT2D eigenvalue weighted by atomic mass is 19.1. The van der Waals surface area contributed by atoms with Crippen LogP contribution in [0, 0.1) is 12.7 Å². The largest absolute Gasteiger partial charge is 0.354 e. The number of carbonyl (C=O) groups excluding carboxylic acids is 1. The molecule has 1 aliphatic rings. The summed E-state index contributed by atoms with van der Waals surface area (Å²) in [6.45, 7) is 2.33. The Labute approximate surface area is 179 Å². The van der Waals surface area contributed by atoms with E-state index in [2.05, 4.69) is 25.1 Å². The topological polar surface area (TPSA) is 75.6 Å². The standard InChI is InChI=1S/C24H24FN5O/c1-15-28-29-22(30(15)18-10-11-18)14-26-23(31)13-12-20-19-4-2-3-5-21(19)27-24(20)16-6-8-17(25)9-7-16/h2-9,18,27H,10-14H2,1H3,(H,26,31). The number of amides is 1. The van der Waals surface area contributed by atoms with E-state index < -0.39 is 0 Å². The maximum Gasteiger partial charge on any atom is 0.220 e. The molecular weight excluding hydrogens is 393 g/mol. The number of aryl methyl sites for hydroxylation is 2. The molecule has 0 radical (unpaired) electrons. The van der Waals surface area contributed by atoms with Gasteiger partial charge in [-0.2, -0.15) is 0 Å². The van der Waals surface area contributed by atoms with Crippen molar-refractivity contribution in [2.75, 3.05) is 0 Å². The predicted molar refractivity (Wildman–Crippen MR) is 117 cm³/mol. The Balaban J connectivity index is 1.32. The molecule has 1 amide bonds. The second-order valence-electron chi connectivity index (χ2n) is 8.07. The quantitative estimate of drug-likeness (QED) is 0.466. The Kier molecular flexibility index (Phi) is 5.02. The van der Waals surface area contributed by atoms with E-state index in [-0.39, 0.29) is 11.7 Å². The smallest absolute Gasteiger partial charge is 0.220 e. The number of halogens is 1. The number of H-pyrrole nitrogens is 1. The van der Waals surface area contributed by atoms with Crippen molar-refractivity contribution in [1.29, 1.82) is 0 Å². The van der Waals surface area contributed by atoms with Crippen molar-refractivity contribution in [2.24, 2.45) is 0 Å². The molecule has 0 saturated heterocycles. The highest BCUT2D eigenvalue weighted by Crippen LogP contribution is 2.36. The molecule has 1 saturated carbocycles. The van der Waals surface area contributed by atoms with E-state index in [1.54, 1.807) is 12.1 Å². The molecule has 2 N–H and O–H groups in total. The molecule has 1 fully saturated rings. The summed E-state index contributed by atoms with van der Waals surface area (Å²) in [5, 5.41) is 12.5. The molecule has 7 heteroatoms. The molecule has 2 aromatic carbocycles. The van der Waals surface area contributed by atoms with Crippen LogP contribution in [0.3, 0.4) is 0 Å². The fraction of sp³-hybridized carbons (Fsp3) is 0.292. The number of benzene rings is 2. The lowest BCUT2D eigenvalue weighted by Gasteiger charge is -2.09. The molecule has 2 heterocycles. The first-order chi connectivity index (χ1) is 15.1. The van der Waals surface area contributed by atoms with Crippen LogP contribution in [0.1, 0.15) is 42.5 Å². The third-order valence-corrected chi connectivity index (χ3v) is 5.84. The van der Waals surface area contributed by atoms with E-state index in [1.807, 2.05) is 31.2 Å². The maximum absolute atomic E-state index is 13.4. The van der Waals surface area contributed by atoms with Crippen LogP contribution in [0.25, 0.3) is 22.2 Å². The maximum atomic E-state index is 13.4. The van der Waals surface area contributed by atoms with Crippen molar-refractivity contribution >= 4 is 16.8 Å². The van der Waals surface area contributed by atoms with Crippen LogP contribution in [0.2, 0.25) is 0 Å². The van der Waals surface area contributed by atoms with E-state index in [0.717, 1.165) is 52.2 Å². The summed E-state index contributed by atoms with van der Waals surface area (Å²) in [5.41, 5.74) is 3.90. The van der Waals surface area contributed by atoms with Gasteiger partial charge < -0.3 is 14.9 Å². The summed E-state index contributed by atoms with van der Waals surface area (Å²) in [5.74, 6) is 1.41. The van der Waals surface area contributed by atoms with Gasteiger partial charge in [0.2, 0.25) is 5.91 Å². The molecule has 31 heavy (non-hydrogen) atoms. The van der Waals surface area contributed by atoms with Gasteiger partial charge in [0, 0.05) is 29.1 Å². The molecule has 0 atom stereocenters. The summed E-state index contributed by atoms with van der Waals surface area (Å²) in [7, 11) is 0. The molecule has 0 aliphatic heterocycles. The van der Waals surface area contributed by atoms with Gasteiger partial charge >= 0.3 is 0 Å². The van der Waals surface area contributed by atoms with Crippen molar-refractivity contribution in [2.45, 2.75) is 45.2 Å². The Morgan fingerprint density at radius 2 is 1.94 bits per heavy atom.